The van der Waals surface area contributed by atoms with Gasteiger partial charge in [0, 0.05) is 25.2 Å². The van der Waals surface area contributed by atoms with Crippen molar-refractivity contribution in [3.8, 4) is 0 Å². The molecule has 3 heteroatoms. The highest BCUT2D eigenvalue weighted by molar-refractivity contribution is 4.78. The topological polar surface area (TPSA) is 24.5 Å². The second-order valence-electron chi connectivity index (χ2n) is 4.56. The van der Waals surface area contributed by atoms with Crippen LogP contribution in [0.2, 0.25) is 0 Å². The molecule has 82 valence electrons. The molecule has 3 nitrogen and oxygen atoms in total. The van der Waals surface area contributed by atoms with Gasteiger partial charge in [0.1, 0.15) is 0 Å². The van der Waals surface area contributed by atoms with Gasteiger partial charge >= 0.3 is 0 Å². The molecule has 0 aromatic heterocycles. The smallest absolute Gasteiger partial charge is 0.0620 e. The van der Waals surface area contributed by atoms with E-state index in [0.29, 0.717) is 12.1 Å². The highest BCUT2D eigenvalue weighted by atomic mass is 16.5. The van der Waals surface area contributed by atoms with Crippen LogP contribution in [-0.4, -0.2) is 49.8 Å². The molecule has 1 N–H and O–H groups in total. The predicted octanol–water partition coefficient (Wildman–Crippen LogP) is 0.849. The summed E-state index contributed by atoms with van der Waals surface area (Å²) >= 11 is 0. The molecular weight excluding hydrogens is 176 g/mol. The highest BCUT2D eigenvalue weighted by Gasteiger charge is 2.20. The zero-order valence-corrected chi connectivity index (χ0v) is 9.17. The first-order chi connectivity index (χ1) is 6.86. The van der Waals surface area contributed by atoms with Gasteiger partial charge in [-0.1, -0.05) is 0 Å². The van der Waals surface area contributed by atoms with Gasteiger partial charge in [0.25, 0.3) is 0 Å². The summed E-state index contributed by atoms with van der Waals surface area (Å²) in [6.07, 6.45) is 3.96. The zero-order chi connectivity index (χ0) is 9.80. The molecule has 2 atom stereocenters. The maximum Gasteiger partial charge on any atom is 0.0620 e. The number of nitrogens with one attached hydrogen (secondary N) is 1. The summed E-state index contributed by atoms with van der Waals surface area (Å²) in [5.74, 6) is 0. The van der Waals surface area contributed by atoms with Crippen LogP contribution in [-0.2, 0) is 4.74 Å². The minimum atomic E-state index is 0.611. The number of nitrogens with zero attached hydrogens (tertiary/aromatic N) is 1. The molecule has 2 fully saturated rings. The molecule has 0 aromatic rings. The molecule has 2 unspecified atom stereocenters. The van der Waals surface area contributed by atoms with Crippen molar-refractivity contribution in [2.45, 2.75) is 38.3 Å². The van der Waals surface area contributed by atoms with E-state index in [1.807, 2.05) is 0 Å². The van der Waals surface area contributed by atoms with Gasteiger partial charge in [0.15, 0.2) is 0 Å². The molecular formula is C11H22N2O. The molecule has 14 heavy (non-hydrogen) atoms. The molecule has 0 aromatic carbocycles. The van der Waals surface area contributed by atoms with E-state index in [1.54, 1.807) is 0 Å². The second kappa shape index (κ2) is 5.10. The van der Waals surface area contributed by atoms with Crippen LogP contribution in [0, 0.1) is 0 Å². The van der Waals surface area contributed by atoms with Gasteiger partial charge in [0.05, 0.1) is 6.61 Å². The number of rotatable bonds is 4. The number of likely N-dealkylation sites (tertiary alicyclic amines) is 1. The third-order valence-corrected chi connectivity index (χ3v) is 3.40. The van der Waals surface area contributed by atoms with Crippen LogP contribution in [0.3, 0.4) is 0 Å². The first kappa shape index (κ1) is 10.4. The summed E-state index contributed by atoms with van der Waals surface area (Å²) < 4.78 is 5.34. The van der Waals surface area contributed by atoms with Crippen molar-refractivity contribution in [3.05, 3.63) is 0 Å². The molecule has 0 saturated carbocycles. The molecule has 0 aliphatic carbocycles. The first-order valence-corrected chi connectivity index (χ1v) is 5.91. The van der Waals surface area contributed by atoms with E-state index < -0.39 is 0 Å². The van der Waals surface area contributed by atoms with Crippen molar-refractivity contribution < 1.29 is 4.74 Å². The maximum absolute atomic E-state index is 5.34. The summed E-state index contributed by atoms with van der Waals surface area (Å²) in [7, 11) is 0. The van der Waals surface area contributed by atoms with Gasteiger partial charge in [-0.2, -0.15) is 0 Å². The monoisotopic (exact) mass is 198 g/mol. The lowest BCUT2D eigenvalue weighted by atomic mass is 10.2. The molecule has 2 aliphatic rings. The summed E-state index contributed by atoms with van der Waals surface area (Å²) in [5.41, 5.74) is 0. The van der Waals surface area contributed by atoms with E-state index in [9.17, 15) is 0 Å². The Bertz CT molecular complexity index is 163. The Morgan fingerprint density at radius 3 is 2.86 bits per heavy atom. The van der Waals surface area contributed by atoms with E-state index in [4.69, 9.17) is 4.74 Å². The van der Waals surface area contributed by atoms with Crippen molar-refractivity contribution in [2.75, 3.05) is 32.8 Å². The Morgan fingerprint density at radius 2 is 2.21 bits per heavy atom. The summed E-state index contributed by atoms with van der Waals surface area (Å²) in [6.45, 7) is 7.89. The van der Waals surface area contributed by atoms with E-state index in [0.717, 1.165) is 19.8 Å². The summed E-state index contributed by atoms with van der Waals surface area (Å²) in [6, 6.07) is 1.30. The quantitative estimate of drug-likeness (QED) is 0.725. The number of ether oxygens (including phenoxy) is 1. The first-order valence-electron chi connectivity index (χ1n) is 5.91. The van der Waals surface area contributed by atoms with Crippen molar-refractivity contribution in [1.82, 2.24) is 10.2 Å². The van der Waals surface area contributed by atoms with Crippen LogP contribution in [0.25, 0.3) is 0 Å². The van der Waals surface area contributed by atoms with Crippen LogP contribution in [0.4, 0.5) is 0 Å². The Morgan fingerprint density at radius 1 is 1.43 bits per heavy atom. The predicted molar refractivity (Wildman–Crippen MR) is 57.5 cm³/mol. The minimum Gasteiger partial charge on any atom is -0.380 e. The molecule has 0 amide bonds. The van der Waals surface area contributed by atoms with E-state index in [1.165, 1.54) is 32.4 Å². The maximum atomic E-state index is 5.34. The van der Waals surface area contributed by atoms with Gasteiger partial charge in [-0.05, 0) is 39.3 Å². The van der Waals surface area contributed by atoms with Gasteiger partial charge in [-0.25, -0.2) is 0 Å². The summed E-state index contributed by atoms with van der Waals surface area (Å²) in [5, 5.41) is 3.59. The molecule has 2 saturated heterocycles. The van der Waals surface area contributed by atoms with Crippen LogP contribution >= 0.6 is 0 Å². The van der Waals surface area contributed by atoms with Crippen molar-refractivity contribution in [3.63, 3.8) is 0 Å². The number of hydrogen-bond acceptors (Lipinski definition) is 3. The zero-order valence-electron chi connectivity index (χ0n) is 9.17. The Labute approximate surface area is 86.8 Å². The Kier molecular flexibility index (Phi) is 3.79. The number of hydrogen-bond donors (Lipinski definition) is 1. The third kappa shape index (κ3) is 2.69. The van der Waals surface area contributed by atoms with Crippen molar-refractivity contribution >= 4 is 0 Å². The molecule has 0 radical (unpaired) electrons. The Balaban J connectivity index is 1.63. The van der Waals surface area contributed by atoms with Crippen molar-refractivity contribution in [2.24, 2.45) is 0 Å². The fourth-order valence-corrected chi connectivity index (χ4v) is 2.34. The standard InChI is InChI=1S/C11H22N2O/c1-10(13-5-2-3-6-13)8-12-11-4-7-14-9-11/h10-12H,2-9H2,1H3. The lowest BCUT2D eigenvalue weighted by molar-refractivity contribution is 0.186. The minimum absolute atomic E-state index is 0.611. The molecule has 2 heterocycles. The van der Waals surface area contributed by atoms with Crippen LogP contribution in [0.15, 0.2) is 0 Å². The fourth-order valence-electron chi connectivity index (χ4n) is 2.34. The van der Waals surface area contributed by atoms with Gasteiger partial charge < -0.3 is 10.1 Å². The fraction of sp³-hybridized carbons (Fsp3) is 1.00. The molecule has 0 spiro atoms. The van der Waals surface area contributed by atoms with Crippen LogP contribution in [0.5, 0.6) is 0 Å². The average Bonchev–Trinajstić information content (AvgIpc) is 2.87. The Hall–Kier alpha value is -0.120. The average molecular weight is 198 g/mol. The van der Waals surface area contributed by atoms with Gasteiger partial charge in [0.2, 0.25) is 0 Å². The lowest BCUT2D eigenvalue weighted by Crippen LogP contribution is -2.42. The largest absolute Gasteiger partial charge is 0.380 e. The van der Waals surface area contributed by atoms with Gasteiger partial charge in [-0.15, -0.1) is 0 Å². The normalized spacial score (nSPS) is 31.1. The molecule has 0 bridgehead atoms. The van der Waals surface area contributed by atoms with E-state index >= 15 is 0 Å². The summed E-state index contributed by atoms with van der Waals surface area (Å²) in [4.78, 5) is 2.59. The highest BCUT2D eigenvalue weighted by Crippen LogP contribution is 2.11. The SMILES string of the molecule is CC(CNC1CCOC1)N1CCCC1. The lowest BCUT2D eigenvalue weighted by Gasteiger charge is -2.25. The van der Waals surface area contributed by atoms with Crippen LogP contribution in [0.1, 0.15) is 26.2 Å². The van der Waals surface area contributed by atoms with Gasteiger partial charge in [-0.3, -0.25) is 4.90 Å². The molecule has 2 rings (SSSR count). The molecule has 2 aliphatic heterocycles. The van der Waals surface area contributed by atoms with Crippen LogP contribution < -0.4 is 5.32 Å². The third-order valence-electron chi connectivity index (χ3n) is 3.40. The van der Waals surface area contributed by atoms with E-state index in [-0.39, 0.29) is 0 Å². The second-order valence-corrected chi connectivity index (χ2v) is 4.56. The van der Waals surface area contributed by atoms with Crippen molar-refractivity contribution in [1.29, 1.82) is 0 Å². The van der Waals surface area contributed by atoms with E-state index in [2.05, 4.69) is 17.1 Å².